The van der Waals surface area contributed by atoms with Gasteiger partial charge in [0.1, 0.15) is 11.5 Å². The van der Waals surface area contributed by atoms with Crippen LogP contribution >= 0.6 is 0 Å². The fourth-order valence-electron chi connectivity index (χ4n) is 2.65. The van der Waals surface area contributed by atoms with E-state index in [1.807, 2.05) is 0 Å². The van der Waals surface area contributed by atoms with Crippen molar-refractivity contribution < 1.29 is 28.8 Å². The van der Waals surface area contributed by atoms with Gasteiger partial charge in [-0.15, -0.1) is 0 Å². The van der Waals surface area contributed by atoms with Gasteiger partial charge in [-0.05, 0) is 24.3 Å². The van der Waals surface area contributed by atoms with E-state index >= 15 is 0 Å². The van der Waals surface area contributed by atoms with Gasteiger partial charge in [0.15, 0.2) is 11.5 Å². The lowest BCUT2D eigenvalue weighted by Gasteiger charge is -2.08. The molecule has 0 amide bonds. The summed E-state index contributed by atoms with van der Waals surface area (Å²) in [5, 5.41) is 14.2. The van der Waals surface area contributed by atoms with Crippen LogP contribution in [0.1, 0.15) is 0 Å². The van der Waals surface area contributed by atoms with E-state index in [4.69, 9.17) is 23.7 Å². The van der Waals surface area contributed by atoms with E-state index in [1.165, 1.54) is 26.5 Å². The predicted molar refractivity (Wildman–Crippen MR) is 86.5 cm³/mol. The SMILES string of the molecule is COc1ccc(-c2cnoc2-c2cc(OC)c3c(c2)ONO3)c(O)c1. The Morgan fingerprint density at radius 3 is 2.68 bits per heavy atom. The molecule has 0 spiro atoms. The molecule has 0 unspecified atom stereocenters. The Hall–Kier alpha value is -3.39. The minimum atomic E-state index is 0.0539. The molecule has 0 saturated heterocycles. The highest BCUT2D eigenvalue weighted by molar-refractivity contribution is 5.84. The molecule has 128 valence electrons. The first-order chi connectivity index (χ1) is 12.2. The fourth-order valence-corrected chi connectivity index (χ4v) is 2.65. The molecule has 0 fully saturated rings. The number of ether oxygens (including phenoxy) is 2. The van der Waals surface area contributed by atoms with E-state index in [2.05, 4.69) is 10.8 Å². The van der Waals surface area contributed by atoms with Crippen LogP contribution < -0.4 is 24.8 Å². The molecular weight excluding hydrogens is 328 g/mol. The van der Waals surface area contributed by atoms with Gasteiger partial charge in [0, 0.05) is 22.8 Å². The van der Waals surface area contributed by atoms with Gasteiger partial charge in [0.25, 0.3) is 0 Å². The molecule has 3 aromatic rings. The Bertz CT molecular complexity index is 937. The number of phenols is 1. The molecular formula is C17H14N2O6. The van der Waals surface area contributed by atoms with Crippen LogP contribution in [0, 0.1) is 0 Å². The highest BCUT2D eigenvalue weighted by Gasteiger charge is 2.24. The van der Waals surface area contributed by atoms with Crippen molar-refractivity contribution in [1.82, 2.24) is 10.8 Å². The van der Waals surface area contributed by atoms with Crippen LogP contribution in [0.4, 0.5) is 0 Å². The quantitative estimate of drug-likeness (QED) is 0.747. The molecule has 0 aliphatic carbocycles. The van der Waals surface area contributed by atoms with Crippen molar-refractivity contribution in [3.05, 3.63) is 36.5 Å². The smallest absolute Gasteiger partial charge is 0.237 e. The number of aromatic nitrogens is 1. The first-order valence-corrected chi connectivity index (χ1v) is 7.34. The molecule has 0 radical (unpaired) electrons. The largest absolute Gasteiger partial charge is 0.507 e. The summed E-state index contributed by atoms with van der Waals surface area (Å²) in [6, 6.07) is 8.46. The van der Waals surface area contributed by atoms with Crippen LogP contribution in [0.15, 0.2) is 41.1 Å². The fraction of sp³-hybridized carbons (Fsp3) is 0.118. The highest BCUT2D eigenvalue weighted by atomic mass is 16.9. The molecule has 0 saturated carbocycles. The maximum absolute atomic E-state index is 10.3. The zero-order chi connectivity index (χ0) is 17.4. The van der Waals surface area contributed by atoms with Crippen LogP contribution in [-0.2, 0) is 0 Å². The molecule has 8 nitrogen and oxygen atoms in total. The third kappa shape index (κ3) is 2.48. The summed E-state index contributed by atoms with van der Waals surface area (Å²) in [6.45, 7) is 0. The number of rotatable bonds is 4. The maximum atomic E-state index is 10.3. The summed E-state index contributed by atoms with van der Waals surface area (Å²) in [7, 11) is 3.06. The van der Waals surface area contributed by atoms with Gasteiger partial charge < -0.3 is 28.8 Å². The van der Waals surface area contributed by atoms with Crippen molar-refractivity contribution in [3.63, 3.8) is 0 Å². The second-order valence-corrected chi connectivity index (χ2v) is 5.24. The summed E-state index contributed by atoms with van der Waals surface area (Å²) in [6.07, 6.45) is 1.53. The van der Waals surface area contributed by atoms with E-state index in [1.54, 1.807) is 24.3 Å². The first-order valence-electron chi connectivity index (χ1n) is 7.34. The van der Waals surface area contributed by atoms with Crippen molar-refractivity contribution in [2.24, 2.45) is 0 Å². The second kappa shape index (κ2) is 5.91. The Kier molecular flexibility index (Phi) is 3.58. The standard InChI is InChI=1S/C17H14N2O6/c1-21-10-3-4-11(13(20)7-10)12-8-18-24-16(12)9-5-14(22-2)17-15(6-9)23-19-25-17/h3-8,19-20H,1-2H3. The third-order valence-corrected chi connectivity index (χ3v) is 3.86. The molecule has 2 heterocycles. The van der Waals surface area contributed by atoms with Gasteiger partial charge in [-0.2, -0.15) is 0 Å². The van der Waals surface area contributed by atoms with E-state index in [0.29, 0.717) is 45.4 Å². The number of nitrogens with zero attached hydrogens (tertiary/aromatic N) is 1. The molecule has 0 atom stereocenters. The van der Waals surface area contributed by atoms with Crippen LogP contribution in [0.3, 0.4) is 0 Å². The predicted octanol–water partition coefficient (Wildman–Crippen LogP) is 2.92. The number of phenolic OH excluding ortho intramolecular Hbond substituents is 1. The molecule has 2 N–H and O–H groups in total. The number of nitrogens with one attached hydrogen (secondary N) is 1. The minimum absolute atomic E-state index is 0.0539. The molecule has 8 heteroatoms. The first kappa shape index (κ1) is 15.2. The zero-order valence-corrected chi connectivity index (χ0v) is 13.4. The lowest BCUT2D eigenvalue weighted by molar-refractivity contribution is 0.0248. The molecule has 0 bridgehead atoms. The van der Waals surface area contributed by atoms with Crippen molar-refractivity contribution in [1.29, 1.82) is 0 Å². The van der Waals surface area contributed by atoms with Gasteiger partial charge >= 0.3 is 0 Å². The second-order valence-electron chi connectivity index (χ2n) is 5.24. The Morgan fingerprint density at radius 2 is 1.92 bits per heavy atom. The van der Waals surface area contributed by atoms with Gasteiger partial charge in [-0.25, -0.2) is 0 Å². The molecule has 4 rings (SSSR count). The monoisotopic (exact) mass is 342 g/mol. The van der Waals surface area contributed by atoms with E-state index in [0.717, 1.165) is 0 Å². The van der Waals surface area contributed by atoms with E-state index in [-0.39, 0.29) is 5.75 Å². The molecule has 1 aliphatic rings. The average molecular weight is 342 g/mol. The zero-order valence-electron chi connectivity index (χ0n) is 13.4. The van der Waals surface area contributed by atoms with Crippen LogP contribution in [-0.4, -0.2) is 24.5 Å². The third-order valence-electron chi connectivity index (χ3n) is 3.86. The van der Waals surface area contributed by atoms with Gasteiger partial charge in [0.2, 0.25) is 11.5 Å². The summed E-state index contributed by atoms with van der Waals surface area (Å²) in [5.74, 6) is 2.43. The van der Waals surface area contributed by atoms with Gasteiger partial charge in [-0.1, -0.05) is 5.16 Å². The van der Waals surface area contributed by atoms with Crippen molar-refractivity contribution >= 4 is 0 Å². The number of benzene rings is 2. The molecule has 1 aromatic heterocycles. The minimum Gasteiger partial charge on any atom is -0.507 e. The number of hydrogen-bond acceptors (Lipinski definition) is 8. The summed E-state index contributed by atoms with van der Waals surface area (Å²) in [5.41, 5.74) is 4.16. The highest BCUT2D eigenvalue weighted by Crippen LogP contribution is 2.45. The van der Waals surface area contributed by atoms with Crippen molar-refractivity contribution in [2.45, 2.75) is 0 Å². The Balaban J connectivity index is 1.83. The average Bonchev–Trinajstić information content (AvgIpc) is 3.29. The maximum Gasteiger partial charge on any atom is 0.237 e. The Labute approximate surface area is 142 Å². The van der Waals surface area contributed by atoms with Crippen molar-refractivity contribution in [2.75, 3.05) is 14.2 Å². The lowest BCUT2D eigenvalue weighted by Crippen LogP contribution is -2.14. The number of aromatic hydroxyl groups is 1. The summed E-state index contributed by atoms with van der Waals surface area (Å²) < 4.78 is 15.8. The number of fused-ring (bicyclic) bond motifs is 1. The molecule has 2 aromatic carbocycles. The van der Waals surface area contributed by atoms with Gasteiger partial charge in [-0.3, -0.25) is 0 Å². The molecule has 25 heavy (non-hydrogen) atoms. The summed E-state index contributed by atoms with van der Waals surface area (Å²) in [4.78, 5) is 10.4. The van der Waals surface area contributed by atoms with Crippen LogP contribution in [0.25, 0.3) is 22.5 Å². The topological polar surface area (TPSA) is 95.2 Å². The number of methoxy groups -OCH3 is 2. The van der Waals surface area contributed by atoms with E-state index in [9.17, 15) is 5.11 Å². The normalized spacial score (nSPS) is 12.2. The van der Waals surface area contributed by atoms with Crippen LogP contribution in [0.2, 0.25) is 0 Å². The summed E-state index contributed by atoms with van der Waals surface area (Å²) >= 11 is 0. The molecule has 1 aliphatic heterocycles. The van der Waals surface area contributed by atoms with E-state index < -0.39 is 0 Å². The van der Waals surface area contributed by atoms with Crippen LogP contribution in [0.5, 0.6) is 28.7 Å². The van der Waals surface area contributed by atoms with Crippen molar-refractivity contribution in [3.8, 4) is 51.2 Å². The Morgan fingerprint density at radius 1 is 1.04 bits per heavy atom. The number of hydrogen-bond donors (Lipinski definition) is 2. The lowest BCUT2D eigenvalue weighted by atomic mass is 10.0. The van der Waals surface area contributed by atoms with Gasteiger partial charge in [0.05, 0.1) is 26.0 Å².